The summed E-state index contributed by atoms with van der Waals surface area (Å²) in [4.78, 5) is 4.96. The Morgan fingerprint density at radius 1 is 1.00 bits per heavy atom. The van der Waals surface area contributed by atoms with E-state index >= 15 is 0 Å². The largest absolute Gasteiger partial charge is 0.488 e. The molecular formula is C28H38N2O4S. The number of ether oxygens (including phenoxy) is 2. The molecule has 1 heterocycles. The molecule has 2 aromatic rings. The molecule has 0 spiro atoms. The fourth-order valence-electron chi connectivity index (χ4n) is 5.00. The van der Waals surface area contributed by atoms with Crippen molar-refractivity contribution in [2.45, 2.75) is 70.9 Å². The van der Waals surface area contributed by atoms with Crippen LogP contribution in [0.1, 0.15) is 59.4 Å². The van der Waals surface area contributed by atoms with Gasteiger partial charge in [-0.1, -0.05) is 65.3 Å². The first kappa shape index (κ1) is 25.5. The van der Waals surface area contributed by atoms with Crippen molar-refractivity contribution in [3.05, 3.63) is 54.1 Å². The van der Waals surface area contributed by atoms with Crippen LogP contribution in [-0.4, -0.2) is 33.1 Å². The molecule has 0 aromatic heterocycles. The standard InChI is InChI=1S/C28H38N2O4S/c1-18(2)22-15-14-20(5)16-26(22)34-25-13-9-12-23(28-29-24(17-33-28)19(3)4)27(25)30-35(31,32)21-10-7-6-8-11-21/h6-13,18-20,22,24,26,30H,14-17H2,1-5H3. The number of hydrogen-bond acceptors (Lipinski definition) is 5. The van der Waals surface area contributed by atoms with E-state index in [-0.39, 0.29) is 17.0 Å². The van der Waals surface area contributed by atoms with Gasteiger partial charge in [0, 0.05) is 0 Å². The summed E-state index contributed by atoms with van der Waals surface area (Å²) < 4.78 is 42.2. The zero-order chi connectivity index (χ0) is 25.2. The van der Waals surface area contributed by atoms with Crippen molar-refractivity contribution in [2.75, 3.05) is 11.3 Å². The quantitative estimate of drug-likeness (QED) is 0.475. The van der Waals surface area contributed by atoms with Crippen LogP contribution < -0.4 is 9.46 Å². The third kappa shape index (κ3) is 5.83. The van der Waals surface area contributed by atoms with Crippen LogP contribution in [0.5, 0.6) is 5.75 Å². The van der Waals surface area contributed by atoms with Gasteiger partial charge in [-0.05, 0) is 60.8 Å². The number of para-hydroxylation sites is 1. The zero-order valence-electron chi connectivity index (χ0n) is 21.4. The number of rotatable bonds is 8. The maximum atomic E-state index is 13.4. The van der Waals surface area contributed by atoms with E-state index in [4.69, 9.17) is 14.5 Å². The molecule has 4 unspecified atom stereocenters. The van der Waals surface area contributed by atoms with Gasteiger partial charge in [0.05, 0.1) is 16.5 Å². The van der Waals surface area contributed by atoms with Crippen LogP contribution in [0.3, 0.4) is 0 Å². The molecule has 6 nitrogen and oxygen atoms in total. The van der Waals surface area contributed by atoms with Gasteiger partial charge in [0.15, 0.2) is 0 Å². The van der Waals surface area contributed by atoms with Crippen molar-refractivity contribution in [3.63, 3.8) is 0 Å². The first-order valence-corrected chi connectivity index (χ1v) is 14.2. The van der Waals surface area contributed by atoms with Gasteiger partial charge in [-0.15, -0.1) is 0 Å². The Morgan fingerprint density at radius 3 is 2.40 bits per heavy atom. The van der Waals surface area contributed by atoms with Crippen molar-refractivity contribution in [2.24, 2.45) is 28.7 Å². The number of nitrogens with one attached hydrogen (secondary N) is 1. The Bertz CT molecular complexity index is 1140. The molecule has 4 rings (SSSR count). The maximum absolute atomic E-state index is 13.4. The van der Waals surface area contributed by atoms with Crippen LogP contribution in [0.4, 0.5) is 5.69 Å². The molecule has 0 amide bonds. The van der Waals surface area contributed by atoms with Crippen molar-refractivity contribution < 1.29 is 17.9 Å². The predicted molar refractivity (Wildman–Crippen MR) is 141 cm³/mol. The van der Waals surface area contributed by atoms with Gasteiger partial charge < -0.3 is 9.47 Å². The molecule has 1 aliphatic carbocycles. The highest BCUT2D eigenvalue weighted by molar-refractivity contribution is 7.92. The molecule has 0 saturated heterocycles. The second kappa shape index (κ2) is 10.6. The highest BCUT2D eigenvalue weighted by Gasteiger charge is 2.34. The molecule has 1 fully saturated rings. The van der Waals surface area contributed by atoms with E-state index in [1.807, 2.05) is 18.2 Å². The molecular weight excluding hydrogens is 460 g/mol. The molecule has 1 saturated carbocycles. The lowest BCUT2D eigenvalue weighted by molar-refractivity contribution is 0.0465. The number of aliphatic imine (C=N–C) groups is 1. The molecule has 190 valence electrons. The van der Waals surface area contributed by atoms with E-state index in [1.165, 1.54) is 6.42 Å². The van der Waals surface area contributed by atoms with Crippen LogP contribution in [0.2, 0.25) is 0 Å². The van der Waals surface area contributed by atoms with Crippen molar-refractivity contribution in [3.8, 4) is 5.75 Å². The molecule has 0 bridgehead atoms. The normalized spacial score (nSPS) is 24.8. The van der Waals surface area contributed by atoms with Crippen LogP contribution in [0.25, 0.3) is 0 Å². The zero-order valence-corrected chi connectivity index (χ0v) is 22.2. The van der Waals surface area contributed by atoms with E-state index in [9.17, 15) is 8.42 Å². The minimum absolute atomic E-state index is 0.0174. The first-order chi connectivity index (χ1) is 16.7. The molecule has 7 heteroatoms. The Morgan fingerprint density at radius 2 is 1.74 bits per heavy atom. The minimum atomic E-state index is -3.84. The third-order valence-corrected chi connectivity index (χ3v) is 8.60. The lowest BCUT2D eigenvalue weighted by Gasteiger charge is -2.37. The molecule has 0 radical (unpaired) electrons. The summed E-state index contributed by atoms with van der Waals surface area (Å²) in [7, 11) is -3.84. The molecule has 1 N–H and O–H groups in total. The number of benzene rings is 2. The van der Waals surface area contributed by atoms with Crippen LogP contribution in [0, 0.1) is 23.7 Å². The van der Waals surface area contributed by atoms with Crippen LogP contribution in [0.15, 0.2) is 58.4 Å². The average Bonchev–Trinajstić information content (AvgIpc) is 3.31. The number of anilines is 1. The summed E-state index contributed by atoms with van der Waals surface area (Å²) in [6.45, 7) is 11.4. The van der Waals surface area contributed by atoms with E-state index < -0.39 is 10.0 Å². The number of nitrogens with zero attached hydrogens (tertiary/aromatic N) is 1. The summed E-state index contributed by atoms with van der Waals surface area (Å²) in [5.41, 5.74) is 0.996. The lowest BCUT2D eigenvalue weighted by atomic mass is 9.75. The highest BCUT2D eigenvalue weighted by Crippen LogP contribution is 2.40. The fraction of sp³-hybridized carbons (Fsp3) is 0.536. The van der Waals surface area contributed by atoms with Gasteiger partial charge in [0.1, 0.15) is 24.1 Å². The summed E-state index contributed by atoms with van der Waals surface area (Å²) in [6, 6.07) is 14.0. The molecule has 2 aliphatic rings. The monoisotopic (exact) mass is 498 g/mol. The Kier molecular flexibility index (Phi) is 7.74. The SMILES string of the molecule is CC1CCC(C(C)C)C(Oc2cccc(C3=NC(C(C)C)CO3)c2NS(=O)(=O)c2ccccc2)C1. The van der Waals surface area contributed by atoms with Gasteiger partial charge in [-0.2, -0.15) is 0 Å². The maximum Gasteiger partial charge on any atom is 0.262 e. The van der Waals surface area contributed by atoms with E-state index in [1.54, 1.807) is 30.3 Å². The van der Waals surface area contributed by atoms with Gasteiger partial charge in [0.2, 0.25) is 5.90 Å². The van der Waals surface area contributed by atoms with Gasteiger partial charge in [-0.25, -0.2) is 13.4 Å². The summed E-state index contributed by atoms with van der Waals surface area (Å²) in [5, 5.41) is 0. The van der Waals surface area contributed by atoms with Crippen molar-refractivity contribution in [1.82, 2.24) is 0 Å². The van der Waals surface area contributed by atoms with Gasteiger partial charge in [0.25, 0.3) is 10.0 Å². The number of sulfonamides is 1. The Balaban J connectivity index is 1.76. The van der Waals surface area contributed by atoms with Gasteiger partial charge >= 0.3 is 0 Å². The van der Waals surface area contributed by atoms with Crippen LogP contribution in [-0.2, 0) is 14.8 Å². The Labute approximate surface area is 210 Å². The van der Waals surface area contributed by atoms with E-state index in [0.717, 1.165) is 12.8 Å². The summed E-state index contributed by atoms with van der Waals surface area (Å²) in [6.07, 6.45) is 3.27. The van der Waals surface area contributed by atoms with Crippen molar-refractivity contribution >= 4 is 21.6 Å². The minimum Gasteiger partial charge on any atom is -0.488 e. The number of hydrogen-bond donors (Lipinski definition) is 1. The highest BCUT2D eigenvalue weighted by atomic mass is 32.2. The summed E-state index contributed by atoms with van der Waals surface area (Å²) >= 11 is 0. The van der Waals surface area contributed by atoms with Gasteiger partial charge in [-0.3, -0.25) is 4.72 Å². The van der Waals surface area contributed by atoms with E-state index in [0.29, 0.717) is 53.2 Å². The third-order valence-electron chi connectivity index (χ3n) is 7.23. The Hall–Kier alpha value is -2.54. The molecule has 4 atom stereocenters. The molecule has 35 heavy (non-hydrogen) atoms. The smallest absolute Gasteiger partial charge is 0.262 e. The lowest BCUT2D eigenvalue weighted by Crippen LogP contribution is -2.36. The second-order valence-electron chi connectivity index (χ2n) is 10.6. The first-order valence-electron chi connectivity index (χ1n) is 12.7. The molecule has 1 aliphatic heterocycles. The molecule has 2 aromatic carbocycles. The topological polar surface area (TPSA) is 77.0 Å². The van der Waals surface area contributed by atoms with E-state index in [2.05, 4.69) is 39.3 Å². The van der Waals surface area contributed by atoms with Crippen molar-refractivity contribution in [1.29, 1.82) is 0 Å². The summed E-state index contributed by atoms with van der Waals surface area (Å²) in [5.74, 6) is 2.76. The van der Waals surface area contributed by atoms with Crippen LogP contribution >= 0.6 is 0 Å². The second-order valence-corrected chi connectivity index (χ2v) is 12.3. The fourth-order valence-corrected chi connectivity index (χ4v) is 6.11. The average molecular weight is 499 g/mol. The predicted octanol–water partition coefficient (Wildman–Crippen LogP) is 6.13.